The van der Waals surface area contributed by atoms with Crippen molar-refractivity contribution in [3.8, 4) is 11.5 Å². The van der Waals surface area contributed by atoms with E-state index >= 15 is 0 Å². The van der Waals surface area contributed by atoms with E-state index in [4.69, 9.17) is 25.8 Å². The van der Waals surface area contributed by atoms with Crippen molar-refractivity contribution in [2.24, 2.45) is 0 Å². The lowest BCUT2D eigenvalue weighted by atomic mass is 10.2. The van der Waals surface area contributed by atoms with Crippen molar-refractivity contribution in [3.63, 3.8) is 0 Å². The summed E-state index contributed by atoms with van der Waals surface area (Å²) in [6.07, 6.45) is 0. The van der Waals surface area contributed by atoms with Gasteiger partial charge in [0.05, 0.1) is 18.4 Å². The van der Waals surface area contributed by atoms with Gasteiger partial charge in [-0.2, -0.15) is 0 Å². The molecule has 0 atom stereocenters. The van der Waals surface area contributed by atoms with E-state index in [2.05, 4.69) is 5.32 Å². The van der Waals surface area contributed by atoms with Gasteiger partial charge in [0.15, 0.2) is 18.1 Å². The average Bonchev–Trinajstić information content (AvgIpc) is 2.93. The summed E-state index contributed by atoms with van der Waals surface area (Å²) in [5, 5.41) is 3.46. The minimum atomic E-state index is -0.646. The molecule has 8 heteroatoms. The number of anilines is 1. The molecular formula is C29H24ClNO5S. The first-order chi connectivity index (χ1) is 18.0. The molecule has 0 saturated heterocycles. The molecule has 0 aliphatic carbocycles. The smallest absolute Gasteiger partial charge is 0.338 e. The summed E-state index contributed by atoms with van der Waals surface area (Å²) in [6, 6.07) is 29.3. The number of hydrogen-bond donors (Lipinski definition) is 1. The van der Waals surface area contributed by atoms with Crippen LogP contribution >= 0.6 is 23.4 Å². The van der Waals surface area contributed by atoms with E-state index in [1.54, 1.807) is 18.2 Å². The average molecular weight is 534 g/mol. The Kier molecular flexibility index (Phi) is 9.08. The number of halogens is 1. The second-order valence-electron chi connectivity index (χ2n) is 7.82. The van der Waals surface area contributed by atoms with Crippen LogP contribution in [0.3, 0.4) is 0 Å². The number of carbonyl (C=O) groups excluding carboxylic acids is 2. The number of methoxy groups -OCH3 is 1. The molecule has 0 saturated carbocycles. The Balaban J connectivity index is 1.33. The van der Waals surface area contributed by atoms with Crippen molar-refractivity contribution >= 4 is 40.9 Å². The van der Waals surface area contributed by atoms with Crippen LogP contribution in [0.15, 0.2) is 107 Å². The molecule has 4 aromatic rings. The summed E-state index contributed by atoms with van der Waals surface area (Å²) in [4.78, 5) is 26.9. The fourth-order valence-electron chi connectivity index (χ4n) is 3.34. The standard InChI is InChI=1S/C29H24ClNO5S/c1-34-26-17-21(11-16-25(26)35-18-20-7-3-2-4-8-20)29(33)36-19-28(32)31-24-9-5-6-10-27(24)37-23-14-12-22(30)13-15-23/h2-17H,18-19H2,1H3,(H,31,32). The zero-order valence-corrected chi connectivity index (χ0v) is 21.6. The number of benzene rings is 4. The molecule has 4 aromatic carbocycles. The Labute approximate surface area is 224 Å². The van der Waals surface area contributed by atoms with Gasteiger partial charge in [0.1, 0.15) is 6.61 Å². The van der Waals surface area contributed by atoms with Crippen molar-refractivity contribution in [2.45, 2.75) is 16.4 Å². The number of hydrogen-bond acceptors (Lipinski definition) is 6. The molecule has 0 aliphatic heterocycles. The Morgan fingerprint density at radius 1 is 0.865 bits per heavy atom. The lowest BCUT2D eigenvalue weighted by Crippen LogP contribution is -2.21. The molecule has 6 nitrogen and oxygen atoms in total. The van der Waals surface area contributed by atoms with E-state index in [0.717, 1.165) is 15.4 Å². The van der Waals surface area contributed by atoms with Gasteiger partial charge < -0.3 is 19.5 Å². The lowest BCUT2D eigenvalue weighted by Gasteiger charge is -2.13. The van der Waals surface area contributed by atoms with Crippen LogP contribution in [0, 0.1) is 0 Å². The third-order valence-corrected chi connectivity index (χ3v) is 6.51. The quantitative estimate of drug-likeness (QED) is 0.224. The first-order valence-corrected chi connectivity index (χ1v) is 12.6. The van der Waals surface area contributed by atoms with Crippen LogP contribution in [-0.4, -0.2) is 25.6 Å². The minimum Gasteiger partial charge on any atom is -0.493 e. The number of amides is 1. The normalized spacial score (nSPS) is 10.4. The Hall–Kier alpha value is -3.94. The summed E-state index contributed by atoms with van der Waals surface area (Å²) in [7, 11) is 1.49. The van der Waals surface area contributed by atoms with Crippen molar-refractivity contribution in [2.75, 3.05) is 19.0 Å². The molecule has 0 radical (unpaired) electrons. The lowest BCUT2D eigenvalue weighted by molar-refractivity contribution is -0.119. The molecular weight excluding hydrogens is 510 g/mol. The number of nitrogens with one attached hydrogen (secondary N) is 1. The highest BCUT2D eigenvalue weighted by Gasteiger charge is 2.15. The Morgan fingerprint density at radius 2 is 1.59 bits per heavy atom. The van der Waals surface area contributed by atoms with E-state index in [1.807, 2.05) is 72.8 Å². The molecule has 0 aromatic heterocycles. The zero-order chi connectivity index (χ0) is 26.0. The van der Waals surface area contributed by atoms with Crippen LogP contribution in [0.2, 0.25) is 5.02 Å². The highest BCUT2D eigenvalue weighted by molar-refractivity contribution is 7.99. The van der Waals surface area contributed by atoms with E-state index < -0.39 is 18.5 Å². The molecule has 0 fully saturated rings. The van der Waals surface area contributed by atoms with E-state index in [0.29, 0.717) is 28.8 Å². The van der Waals surface area contributed by atoms with Crippen molar-refractivity contribution in [3.05, 3.63) is 113 Å². The fraction of sp³-hybridized carbons (Fsp3) is 0.103. The minimum absolute atomic E-state index is 0.246. The molecule has 37 heavy (non-hydrogen) atoms. The molecule has 0 unspecified atom stereocenters. The summed E-state index contributed by atoms with van der Waals surface area (Å²) >= 11 is 7.45. The maximum Gasteiger partial charge on any atom is 0.338 e. The summed E-state index contributed by atoms with van der Waals surface area (Å²) in [5.74, 6) is -0.211. The fourth-order valence-corrected chi connectivity index (χ4v) is 4.37. The van der Waals surface area contributed by atoms with Gasteiger partial charge in [-0.3, -0.25) is 4.79 Å². The van der Waals surface area contributed by atoms with E-state index in [9.17, 15) is 9.59 Å². The monoisotopic (exact) mass is 533 g/mol. The second-order valence-corrected chi connectivity index (χ2v) is 9.37. The third-order valence-electron chi connectivity index (χ3n) is 5.17. The maximum absolute atomic E-state index is 12.6. The van der Waals surface area contributed by atoms with Crippen molar-refractivity contribution in [1.29, 1.82) is 0 Å². The van der Waals surface area contributed by atoms with Gasteiger partial charge in [-0.05, 0) is 60.2 Å². The van der Waals surface area contributed by atoms with Gasteiger partial charge in [0.25, 0.3) is 5.91 Å². The highest BCUT2D eigenvalue weighted by atomic mass is 35.5. The number of ether oxygens (including phenoxy) is 3. The van der Waals surface area contributed by atoms with Crippen molar-refractivity contribution < 1.29 is 23.8 Å². The Morgan fingerprint density at radius 3 is 2.35 bits per heavy atom. The van der Waals surface area contributed by atoms with Gasteiger partial charge in [-0.25, -0.2) is 4.79 Å². The van der Waals surface area contributed by atoms with Crippen LogP contribution in [0.5, 0.6) is 11.5 Å². The third kappa shape index (κ3) is 7.52. The van der Waals surface area contributed by atoms with Gasteiger partial charge >= 0.3 is 5.97 Å². The largest absolute Gasteiger partial charge is 0.493 e. The highest BCUT2D eigenvalue weighted by Crippen LogP contribution is 2.34. The Bertz CT molecular complexity index is 1360. The van der Waals surface area contributed by atoms with Gasteiger partial charge in [-0.1, -0.05) is 65.8 Å². The molecule has 0 spiro atoms. The summed E-state index contributed by atoms with van der Waals surface area (Å²) in [5.41, 5.74) is 1.87. The maximum atomic E-state index is 12.6. The second kappa shape index (κ2) is 12.9. The van der Waals surface area contributed by atoms with E-state index in [-0.39, 0.29) is 5.56 Å². The summed E-state index contributed by atoms with van der Waals surface area (Å²) < 4.78 is 16.4. The molecule has 0 heterocycles. The SMILES string of the molecule is COc1cc(C(=O)OCC(=O)Nc2ccccc2Sc2ccc(Cl)cc2)ccc1OCc1ccccc1. The van der Waals surface area contributed by atoms with E-state index in [1.165, 1.54) is 24.9 Å². The van der Waals surface area contributed by atoms with Crippen LogP contribution in [0.25, 0.3) is 0 Å². The first kappa shape index (κ1) is 26.1. The van der Waals surface area contributed by atoms with Gasteiger partial charge in [0.2, 0.25) is 0 Å². The topological polar surface area (TPSA) is 73.9 Å². The van der Waals surface area contributed by atoms with Crippen molar-refractivity contribution in [1.82, 2.24) is 0 Å². The van der Waals surface area contributed by atoms with Crippen LogP contribution < -0.4 is 14.8 Å². The number of carbonyl (C=O) groups is 2. The van der Waals surface area contributed by atoms with Crippen LogP contribution in [0.1, 0.15) is 15.9 Å². The number of esters is 1. The predicted octanol–water partition coefficient (Wildman–Crippen LogP) is 6.87. The molecule has 1 N–H and O–H groups in total. The number of para-hydroxylation sites is 1. The van der Waals surface area contributed by atoms with Crippen LogP contribution in [0.4, 0.5) is 5.69 Å². The number of rotatable bonds is 10. The van der Waals surface area contributed by atoms with Gasteiger partial charge in [-0.15, -0.1) is 0 Å². The first-order valence-electron chi connectivity index (χ1n) is 11.4. The molecule has 0 bridgehead atoms. The molecule has 4 rings (SSSR count). The molecule has 188 valence electrons. The zero-order valence-electron chi connectivity index (χ0n) is 20.0. The van der Waals surface area contributed by atoms with Crippen LogP contribution in [-0.2, 0) is 16.1 Å². The predicted molar refractivity (Wildman–Crippen MR) is 145 cm³/mol. The summed E-state index contributed by atoms with van der Waals surface area (Å²) in [6.45, 7) is -0.0771. The molecule has 1 amide bonds. The van der Waals surface area contributed by atoms with Gasteiger partial charge in [0, 0.05) is 14.8 Å². The molecule has 0 aliphatic rings.